The Balaban J connectivity index is 1.82. The number of aromatic nitrogens is 2. The molecule has 19 heavy (non-hydrogen) atoms. The topological polar surface area (TPSA) is 31.6 Å². The van der Waals surface area contributed by atoms with Crippen molar-refractivity contribution in [3.63, 3.8) is 0 Å². The molecule has 3 heteroatoms. The minimum absolute atomic E-state index is 0.671. The first-order chi connectivity index (χ1) is 9.42. The third-order valence-electron chi connectivity index (χ3n) is 3.45. The lowest BCUT2D eigenvalue weighted by atomic mass is 10.2. The van der Waals surface area contributed by atoms with E-state index in [1.165, 1.54) is 32.4 Å². The number of aromatic amines is 2. The van der Waals surface area contributed by atoms with Gasteiger partial charge in [-0.15, -0.1) is 0 Å². The summed E-state index contributed by atoms with van der Waals surface area (Å²) >= 11 is 0. The Bertz CT molecular complexity index is 785. The molecule has 0 amide bonds. The van der Waals surface area contributed by atoms with Gasteiger partial charge in [0.05, 0.1) is 0 Å². The van der Waals surface area contributed by atoms with E-state index in [-0.39, 0.29) is 0 Å². The van der Waals surface area contributed by atoms with Crippen molar-refractivity contribution in [1.29, 1.82) is 0 Å². The van der Waals surface area contributed by atoms with Crippen molar-refractivity contribution in [2.75, 3.05) is 0 Å². The van der Waals surface area contributed by atoms with E-state index in [1.54, 1.807) is 0 Å². The molecule has 0 radical (unpaired) electrons. The lowest BCUT2D eigenvalue weighted by Gasteiger charge is -1.99. The van der Waals surface area contributed by atoms with Crippen LogP contribution in [0.15, 0.2) is 60.9 Å². The molecule has 0 saturated carbocycles. The fraction of sp³-hybridized carbons (Fsp3) is 0. The van der Waals surface area contributed by atoms with Gasteiger partial charge < -0.3 is 9.97 Å². The molecular formula is C16H13N2P. The van der Waals surface area contributed by atoms with Crippen molar-refractivity contribution in [3.8, 4) is 0 Å². The third-order valence-corrected chi connectivity index (χ3v) is 4.81. The monoisotopic (exact) mass is 264 g/mol. The van der Waals surface area contributed by atoms with Crippen LogP contribution in [-0.4, -0.2) is 9.97 Å². The molecule has 2 aromatic heterocycles. The molecule has 0 saturated heterocycles. The van der Waals surface area contributed by atoms with Crippen LogP contribution in [0.3, 0.4) is 0 Å². The van der Waals surface area contributed by atoms with Crippen LogP contribution in [-0.2, 0) is 0 Å². The van der Waals surface area contributed by atoms with Crippen LogP contribution in [0.4, 0.5) is 0 Å². The Morgan fingerprint density at radius 1 is 0.632 bits per heavy atom. The summed E-state index contributed by atoms with van der Waals surface area (Å²) in [6.45, 7) is 0. The first kappa shape index (κ1) is 10.8. The van der Waals surface area contributed by atoms with Gasteiger partial charge in [0.25, 0.3) is 0 Å². The van der Waals surface area contributed by atoms with Crippen LogP contribution in [0.25, 0.3) is 21.8 Å². The number of nitrogens with one attached hydrogen (secondary N) is 2. The molecule has 0 bridgehead atoms. The maximum atomic E-state index is 3.35. The van der Waals surface area contributed by atoms with Crippen molar-refractivity contribution in [2.45, 2.75) is 0 Å². The van der Waals surface area contributed by atoms with Gasteiger partial charge in [0, 0.05) is 44.8 Å². The Morgan fingerprint density at radius 3 is 1.63 bits per heavy atom. The summed E-state index contributed by atoms with van der Waals surface area (Å²) in [7, 11) is 0.671. The molecule has 2 nitrogen and oxygen atoms in total. The van der Waals surface area contributed by atoms with E-state index in [1.807, 2.05) is 0 Å². The van der Waals surface area contributed by atoms with Gasteiger partial charge in [-0.3, -0.25) is 0 Å². The summed E-state index contributed by atoms with van der Waals surface area (Å²) in [4.78, 5) is 6.69. The summed E-state index contributed by atoms with van der Waals surface area (Å²) < 4.78 is 0. The fourth-order valence-electron chi connectivity index (χ4n) is 2.49. The molecular weight excluding hydrogens is 251 g/mol. The number of rotatable bonds is 2. The fourth-order valence-corrected chi connectivity index (χ4v) is 3.78. The summed E-state index contributed by atoms with van der Waals surface area (Å²) in [5.74, 6) is 0. The summed E-state index contributed by atoms with van der Waals surface area (Å²) in [5, 5.41) is 5.40. The number of hydrogen-bond acceptors (Lipinski definition) is 0. The van der Waals surface area contributed by atoms with Crippen molar-refractivity contribution < 1.29 is 0 Å². The molecule has 2 aromatic carbocycles. The average molecular weight is 264 g/mol. The minimum Gasteiger partial charge on any atom is -0.361 e. The van der Waals surface area contributed by atoms with E-state index in [2.05, 4.69) is 70.9 Å². The molecule has 0 unspecified atom stereocenters. The summed E-state index contributed by atoms with van der Waals surface area (Å²) in [6, 6.07) is 16.9. The largest absolute Gasteiger partial charge is 0.361 e. The van der Waals surface area contributed by atoms with Gasteiger partial charge >= 0.3 is 0 Å². The van der Waals surface area contributed by atoms with Gasteiger partial charge in [-0.1, -0.05) is 45.0 Å². The molecule has 4 aromatic rings. The minimum atomic E-state index is 0.671. The van der Waals surface area contributed by atoms with Crippen LogP contribution < -0.4 is 10.6 Å². The zero-order valence-corrected chi connectivity index (χ0v) is 11.3. The van der Waals surface area contributed by atoms with E-state index in [0.717, 1.165) is 0 Å². The Hall–Kier alpha value is -2.05. The van der Waals surface area contributed by atoms with Gasteiger partial charge in [-0.25, -0.2) is 0 Å². The number of hydrogen-bond donors (Lipinski definition) is 2. The van der Waals surface area contributed by atoms with E-state index in [9.17, 15) is 0 Å². The van der Waals surface area contributed by atoms with Gasteiger partial charge in [-0.2, -0.15) is 0 Å². The molecule has 0 aliphatic heterocycles. The number of benzene rings is 2. The Kier molecular flexibility index (Phi) is 2.43. The molecule has 0 spiro atoms. The molecule has 0 aliphatic rings. The highest BCUT2D eigenvalue weighted by Crippen LogP contribution is 2.22. The van der Waals surface area contributed by atoms with Crippen molar-refractivity contribution in [3.05, 3.63) is 60.9 Å². The molecule has 0 aliphatic carbocycles. The number of para-hydroxylation sites is 2. The number of H-pyrrole nitrogens is 2. The second-order valence-electron chi connectivity index (χ2n) is 4.62. The normalized spacial score (nSPS) is 11.4. The highest BCUT2D eigenvalue weighted by molar-refractivity contribution is 7.56. The first-order valence-corrected chi connectivity index (χ1v) is 7.31. The van der Waals surface area contributed by atoms with Crippen LogP contribution in [0.2, 0.25) is 0 Å². The van der Waals surface area contributed by atoms with Gasteiger partial charge in [0.2, 0.25) is 0 Å². The highest BCUT2D eigenvalue weighted by Gasteiger charge is 2.07. The maximum Gasteiger partial charge on any atom is 0.0460 e. The van der Waals surface area contributed by atoms with Crippen LogP contribution >= 0.6 is 8.58 Å². The van der Waals surface area contributed by atoms with Crippen molar-refractivity contribution >= 4 is 41.0 Å². The molecule has 2 heterocycles. The standard InChI is InChI=1S/C16H13N2P/c1-3-7-13-11(5-1)15(9-17-13)19-16-10-18-14-8-4-2-6-12(14)16/h1-10,17-19H. The van der Waals surface area contributed by atoms with Crippen LogP contribution in [0, 0.1) is 0 Å². The predicted octanol–water partition coefficient (Wildman–Crippen LogP) is 3.28. The van der Waals surface area contributed by atoms with E-state index in [0.29, 0.717) is 8.58 Å². The third kappa shape index (κ3) is 1.76. The van der Waals surface area contributed by atoms with Crippen LogP contribution in [0.1, 0.15) is 0 Å². The molecule has 92 valence electrons. The predicted molar refractivity (Wildman–Crippen MR) is 84.2 cm³/mol. The molecule has 2 N–H and O–H groups in total. The first-order valence-electron chi connectivity index (χ1n) is 6.31. The van der Waals surface area contributed by atoms with E-state index in [4.69, 9.17) is 0 Å². The van der Waals surface area contributed by atoms with Gasteiger partial charge in [0.1, 0.15) is 0 Å². The summed E-state index contributed by atoms with van der Waals surface area (Å²) in [6.07, 6.45) is 4.26. The lowest BCUT2D eigenvalue weighted by molar-refractivity contribution is 1.48. The lowest BCUT2D eigenvalue weighted by Crippen LogP contribution is -2.00. The second-order valence-corrected chi connectivity index (χ2v) is 5.95. The Morgan fingerprint density at radius 2 is 1.11 bits per heavy atom. The Labute approximate surface area is 112 Å². The molecule has 0 atom stereocenters. The zero-order chi connectivity index (χ0) is 12.7. The summed E-state index contributed by atoms with van der Waals surface area (Å²) in [5.41, 5.74) is 2.43. The van der Waals surface area contributed by atoms with Gasteiger partial charge in [0.15, 0.2) is 0 Å². The average Bonchev–Trinajstić information content (AvgIpc) is 3.05. The molecule has 0 fully saturated rings. The molecule has 4 rings (SSSR count). The second kappa shape index (κ2) is 4.25. The van der Waals surface area contributed by atoms with Crippen LogP contribution in [0.5, 0.6) is 0 Å². The smallest absolute Gasteiger partial charge is 0.0460 e. The SMILES string of the molecule is c1ccc2c(Pc3c[nH]c4ccccc34)c[nH]c2c1. The zero-order valence-electron chi connectivity index (χ0n) is 10.3. The van der Waals surface area contributed by atoms with Crippen molar-refractivity contribution in [1.82, 2.24) is 9.97 Å². The van der Waals surface area contributed by atoms with Crippen molar-refractivity contribution in [2.24, 2.45) is 0 Å². The van der Waals surface area contributed by atoms with E-state index < -0.39 is 0 Å². The highest BCUT2D eigenvalue weighted by atomic mass is 31.1. The maximum absolute atomic E-state index is 3.35. The van der Waals surface area contributed by atoms with E-state index >= 15 is 0 Å². The van der Waals surface area contributed by atoms with Gasteiger partial charge in [-0.05, 0) is 12.1 Å². The quantitative estimate of drug-likeness (QED) is 0.521. The number of fused-ring (bicyclic) bond motifs is 2.